The SMILES string of the molecule is CC/C=C\C/C=C\C/C=C\C/C=C\CCCCCCCCCCC(=O)NC(COC1OC(CO)C(OC2OC(CO)C(OC3OC(CO)C(O)C(O)C3O)C(O)C2O)C(O)C1O)C(O)/C=C/CC/C=C/CCCCCCCC. The van der Waals surface area contributed by atoms with Gasteiger partial charge in [-0.05, 0) is 70.6 Å². The number of nitrogens with one attached hydrogen (secondary N) is 1. The highest BCUT2D eigenvalue weighted by Crippen LogP contribution is 2.33. The lowest BCUT2D eigenvalue weighted by atomic mass is 9.96. The smallest absolute Gasteiger partial charge is 0.220 e. The van der Waals surface area contributed by atoms with Crippen molar-refractivity contribution in [3.63, 3.8) is 0 Å². The second-order valence-electron chi connectivity index (χ2n) is 20.7. The van der Waals surface area contributed by atoms with Crippen molar-refractivity contribution < 1.29 is 89.4 Å². The van der Waals surface area contributed by atoms with Gasteiger partial charge < -0.3 is 89.9 Å². The molecule has 12 N–H and O–H groups in total. The molecule has 0 aromatic carbocycles. The zero-order chi connectivity index (χ0) is 56.9. The molecule has 0 saturated carbocycles. The van der Waals surface area contributed by atoms with Gasteiger partial charge in [-0.1, -0.05) is 157 Å². The quantitative estimate of drug-likeness (QED) is 0.0293. The van der Waals surface area contributed by atoms with Gasteiger partial charge in [-0.2, -0.15) is 0 Å². The third-order valence-electron chi connectivity index (χ3n) is 14.2. The normalized spacial score (nSPS) is 31.0. The number of carbonyl (C=O) groups excluding carboxylic acids is 1. The Morgan fingerprint density at radius 1 is 0.474 bits per heavy atom. The van der Waals surface area contributed by atoms with Crippen LogP contribution in [0.15, 0.2) is 72.9 Å². The number of carbonyl (C=O) groups is 1. The van der Waals surface area contributed by atoms with Gasteiger partial charge in [-0.15, -0.1) is 0 Å². The van der Waals surface area contributed by atoms with E-state index in [1.54, 1.807) is 6.08 Å². The van der Waals surface area contributed by atoms with E-state index in [9.17, 15) is 61.0 Å². The summed E-state index contributed by atoms with van der Waals surface area (Å²) in [6, 6.07) is -0.996. The van der Waals surface area contributed by atoms with Crippen molar-refractivity contribution >= 4 is 5.91 Å². The predicted molar refractivity (Wildman–Crippen MR) is 295 cm³/mol. The monoisotopic (exact) mass is 1110 g/mol. The Labute approximate surface area is 464 Å². The van der Waals surface area contributed by atoms with E-state index in [4.69, 9.17) is 28.4 Å². The minimum Gasteiger partial charge on any atom is -0.394 e. The number of hydrogen-bond acceptors (Lipinski definition) is 18. The van der Waals surface area contributed by atoms with Crippen LogP contribution in [0.4, 0.5) is 0 Å². The van der Waals surface area contributed by atoms with Crippen LogP contribution in [0.3, 0.4) is 0 Å². The maximum Gasteiger partial charge on any atom is 0.220 e. The molecular weight excluding hydrogens is 1010 g/mol. The summed E-state index contributed by atoms with van der Waals surface area (Å²) in [5.74, 6) is -0.299. The number of ether oxygens (including phenoxy) is 6. The van der Waals surface area contributed by atoms with Crippen molar-refractivity contribution in [3.05, 3.63) is 72.9 Å². The Morgan fingerprint density at radius 2 is 0.897 bits per heavy atom. The second-order valence-corrected chi connectivity index (χ2v) is 20.7. The molecule has 19 nitrogen and oxygen atoms in total. The van der Waals surface area contributed by atoms with Gasteiger partial charge in [0.2, 0.25) is 5.91 Å². The van der Waals surface area contributed by atoms with Crippen molar-refractivity contribution in [1.29, 1.82) is 0 Å². The number of allylic oxidation sites excluding steroid dienone is 11. The molecule has 3 rings (SSSR count). The molecule has 78 heavy (non-hydrogen) atoms. The first-order valence-corrected chi connectivity index (χ1v) is 29.2. The third kappa shape index (κ3) is 26.0. The number of aliphatic hydroxyl groups is 11. The van der Waals surface area contributed by atoms with Crippen LogP contribution in [0.2, 0.25) is 0 Å². The van der Waals surface area contributed by atoms with Gasteiger partial charge in [0.25, 0.3) is 0 Å². The van der Waals surface area contributed by atoms with Gasteiger partial charge in [-0.3, -0.25) is 4.79 Å². The van der Waals surface area contributed by atoms with Crippen molar-refractivity contribution in [1.82, 2.24) is 5.32 Å². The molecule has 3 aliphatic rings. The topological polar surface area (TPSA) is 307 Å². The zero-order valence-corrected chi connectivity index (χ0v) is 46.6. The number of hydrogen-bond donors (Lipinski definition) is 12. The van der Waals surface area contributed by atoms with Gasteiger partial charge in [-0.25, -0.2) is 0 Å². The first-order chi connectivity index (χ1) is 37.8. The lowest BCUT2D eigenvalue weighted by molar-refractivity contribution is -0.379. The minimum atomic E-state index is -1.98. The summed E-state index contributed by atoms with van der Waals surface area (Å²) in [7, 11) is 0. The highest BCUT2D eigenvalue weighted by molar-refractivity contribution is 5.76. The van der Waals surface area contributed by atoms with E-state index < -0.39 is 124 Å². The highest BCUT2D eigenvalue weighted by atomic mass is 16.8. The second kappa shape index (κ2) is 42.1. The van der Waals surface area contributed by atoms with Crippen LogP contribution in [0.25, 0.3) is 0 Å². The Hall–Kier alpha value is -2.77. The van der Waals surface area contributed by atoms with Crippen LogP contribution < -0.4 is 5.32 Å². The van der Waals surface area contributed by atoms with Crippen molar-refractivity contribution in [2.45, 2.75) is 266 Å². The average Bonchev–Trinajstić information content (AvgIpc) is 3.46. The molecule has 19 heteroatoms. The Morgan fingerprint density at radius 3 is 1.44 bits per heavy atom. The fourth-order valence-electron chi connectivity index (χ4n) is 9.43. The van der Waals surface area contributed by atoms with Crippen LogP contribution >= 0.6 is 0 Å². The molecule has 1 amide bonds. The van der Waals surface area contributed by atoms with Gasteiger partial charge in [0.1, 0.15) is 73.2 Å². The van der Waals surface area contributed by atoms with Crippen LogP contribution in [0, 0.1) is 0 Å². The molecule has 3 heterocycles. The van der Waals surface area contributed by atoms with E-state index in [1.165, 1.54) is 51.4 Å². The number of rotatable bonds is 41. The first-order valence-electron chi connectivity index (χ1n) is 29.2. The average molecular weight is 1110 g/mol. The van der Waals surface area contributed by atoms with E-state index in [0.29, 0.717) is 12.8 Å². The van der Waals surface area contributed by atoms with Crippen molar-refractivity contribution in [3.8, 4) is 0 Å². The lowest BCUT2D eigenvalue weighted by Crippen LogP contribution is -2.66. The van der Waals surface area contributed by atoms with Crippen LogP contribution in [-0.2, 0) is 33.2 Å². The van der Waals surface area contributed by atoms with Gasteiger partial charge in [0, 0.05) is 6.42 Å². The fourth-order valence-corrected chi connectivity index (χ4v) is 9.43. The summed E-state index contributed by atoms with van der Waals surface area (Å²) in [5, 5.41) is 120. The standard InChI is InChI=1S/C59H101NO18/c1-3-5-7-9-11-13-15-17-18-19-20-21-22-23-24-25-27-29-31-33-35-37-47(65)60-42(43(64)36-34-32-30-28-26-16-14-12-10-8-6-4-2)41-73-57-53(71)50(68)55(45(39-62)75-57)78-59-54(72)51(69)56(46(40-63)76-59)77-58-52(70)49(67)48(66)44(38-61)74-58/h5,7,11,13,17-18,20-21,26,28,34,36,42-46,48-59,61-64,66-72H,3-4,6,8-10,12,14-16,19,22-25,27,29-33,35,37-41H2,1-2H3,(H,60,65)/b7-5-,13-11-,18-17-,21-20-,28-26+,36-34+. The molecule has 3 aliphatic heterocycles. The minimum absolute atomic E-state index is 0.222. The zero-order valence-electron chi connectivity index (χ0n) is 46.6. The van der Waals surface area contributed by atoms with Crippen LogP contribution in [0.5, 0.6) is 0 Å². The van der Waals surface area contributed by atoms with E-state index in [2.05, 4.69) is 79.9 Å². The maximum absolute atomic E-state index is 13.3. The molecule has 450 valence electrons. The van der Waals surface area contributed by atoms with Gasteiger partial charge >= 0.3 is 0 Å². The Bertz CT molecular complexity index is 1710. The molecule has 0 aliphatic carbocycles. The van der Waals surface area contributed by atoms with Crippen LogP contribution in [0.1, 0.15) is 162 Å². The van der Waals surface area contributed by atoms with Gasteiger partial charge in [0.05, 0.1) is 38.6 Å². The molecule has 3 saturated heterocycles. The summed E-state index contributed by atoms with van der Waals surface area (Å²) < 4.78 is 34.2. The Balaban J connectivity index is 1.50. The Kier molecular flexibility index (Phi) is 37.5. The number of amides is 1. The fraction of sp³-hybridized carbons (Fsp3) is 0.780. The largest absolute Gasteiger partial charge is 0.394 e. The lowest BCUT2D eigenvalue weighted by Gasteiger charge is -2.48. The third-order valence-corrected chi connectivity index (χ3v) is 14.2. The summed E-state index contributed by atoms with van der Waals surface area (Å²) in [6.45, 7) is 1.53. The number of unbranched alkanes of at least 4 members (excludes halogenated alkanes) is 15. The van der Waals surface area contributed by atoms with E-state index >= 15 is 0 Å². The summed E-state index contributed by atoms with van der Waals surface area (Å²) in [4.78, 5) is 13.3. The molecule has 0 bridgehead atoms. The summed E-state index contributed by atoms with van der Waals surface area (Å²) in [6.07, 6.45) is 21.8. The molecule has 3 fully saturated rings. The van der Waals surface area contributed by atoms with Crippen molar-refractivity contribution in [2.24, 2.45) is 0 Å². The molecule has 0 aromatic rings. The first kappa shape index (κ1) is 69.5. The molecule has 0 spiro atoms. The highest BCUT2D eigenvalue weighted by Gasteiger charge is 2.53. The maximum atomic E-state index is 13.3. The van der Waals surface area contributed by atoms with Crippen molar-refractivity contribution in [2.75, 3.05) is 26.4 Å². The molecule has 0 radical (unpaired) electrons. The van der Waals surface area contributed by atoms with E-state index in [-0.39, 0.29) is 18.9 Å². The van der Waals surface area contributed by atoms with E-state index in [0.717, 1.165) is 77.0 Å². The molecule has 0 aromatic heterocycles. The summed E-state index contributed by atoms with van der Waals surface area (Å²) >= 11 is 0. The van der Waals surface area contributed by atoms with Crippen LogP contribution in [-0.4, -0.2) is 193 Å². The van der Waals surface area contributed by atoms with E-state index in [1.807, 2.05) is 6.08 Å². The molecule has 17 atom stereocenters. The molecule has 17 unspecified atom stereocenters. The molecular formula is C59H101NO18. The van der Waals surface area contributed by atoms with Gasteiger partial charge in [0.15, 0.2) is 18.9 Å². The number of aliphatic hydroxyl groups excluding tert-OH is 11. The predicted octanol–water partition coefficient (Wildman–Crippen LogP) is 4.65. The summed E-state index contributed by atoms with van der Waals surface area (Å²) in [5.41, 5.74) is 0.